The summed E-state index contributed by atoms with van der Waals surface area (Å²) in [7, 11) is -3.61. The van der Waals surface area contributed by atoms with E-state index in [2.05, 4.69) is 13.8 Å². The van der Waals surface area contributed by atoms with Gasteiger partial charge in [-0.2, -0.15) is 0 Å². The van der Waals surface area contributed by atoms with Gasteiger partial charge >= 0.3 is 0 Å². The summed E-state index contributed by atoms with van der Waals surface area (Å²) >= 11 is 0. The highest BCUT2D eigenvalue weighted by atomic mass is 32.2. The van der Waals surface area contributed by atoms with E-state index in [1.807, 2.05) is 76.2 Å². The van der Waals surface area contributed by atoms with Crippen molar-refractivity contribution in [2.45, 2.75) is 57.8 Å². The summed E-state index contributed by atoms with van der Waals surface area (Å²) in [5.41, 5.74) is 9.50. The van der Waals surface area contributed by atoms with Crippen molar-refractivity contribution in [3.63, 3.8) is 0 Å². The van der Waals surface area contributed by atoms with Crippen LogP contribution in [0.5, 0.6) is 0 Å². The zero-order valence-corrected chi connectivity index (χ0v) is 22.6. The molecular formula is C32H32O3S. The van der Waals surface area contributed by atoms with Crippen molar-refractivity contribution < 1.29 is 13.2 Å². The number of carbonyl (C=O) groups excluding carboxylic acids is 1. The molecule has 0 spiro atoms. The van der Waals surface area contributed by atoms with E-state index in [0.717, 1.165) is 39.8 Å². The fraction of sp³-hybridized carbons (Fsp3) is 0.219. The van der Waals surface area contributed by atoms with Crippen molar-refractivity contribution in [2.75, 3.05) is 0 Å². The number of hydrogen-bond acceptors (Lipinski definition) is 3. The Hall–Kier alpha value is -3.50. The Morgan fingerprint density at radius 3 is 1.67 bits per heavy atom. The summed E-state index contributed by atoms with van der Waals surface area (Å²) in [5.74, 6) is 0.00547. The molecular weight excluding hydrogens is 464 g/mol. The van der Waals surface area contributed by atoms with Crippen molar-refractivity contribution in [1.82, 2.24) is 0 Å². The van der Waals surface area contributed by atoms with E-state index >= 15 is 0 Å². The summed E-state index contributed by atoms with van der Waals surface area (Å²) in [5, 5.41) is 0. The van der Waals surface area contributed by atoms with Crippen LogP contribution in [-0.2, 0) is 16.3 Å². The largest absolute Gasteiger partial charge is 0.289 e. The third-order valence-electron chi connectivity index (χ3n) is 7.07. The molecule has 4 heteroatoms. The lowest BCUT2D eigenvalue weighted by Crippen LogP contribution is -2.05. The molecule has 0 saturated heterocycles. The molecule has 0 bridgehead atoms. The van der Waals surface area contributed by atoms with E-state index in [1.165, 1.54) is 11.1 Å². The van der Waals surface area contributed by atoms with Crippen molar-refractivity contribution in [3.05, 3.63) is 117 Å². The number of hydrogen-bond donors (Lipinski definition) is 0. The first-order chi connectivity index (χ1) is 17.0. The first kappa shape index (κ1) is 25.6. The molecule has 4 aromatic carbocycles. The van der Waals surface area contributed by atoms with Gasteiger partial charge in [0.1, 0.15) is 0 Å². The quantitative estimate of drug-likeness (QED) is 0.259. The van der Waals surface area contributed by atoms with Gasteiger partial charge < -0.3 is 0 Å². The number of aryl methyl sites for hydroxylation is 6. The average Bonchev–Trinajstić information content (AvgIpc) is 2.85. The molecule has 0 radical (unpaired) electrons. The molecule has 0 unspecified atom stereocenters. The maximum absolute atomic E-state index is 13.2. The predicted octanol–water partition coefficient (Wildman–Crippen LogP) is 7.52. The van der Waals surface area contributed by atoms with Gasteiger partial charge in [0.25, 0.3) is 0 Å². The molecule has 4 aromatic rings. The van der Waals surface area contributed by atoms with E-state index in [9.17, 15) is 13.2 Å². The lowest BCUT2D eigenvalue weighted by Gasteiger charge is -2.14. The molecule has 4 rings (SSSR count). The third-order valence-corrected chi connectivity index (χ3v) is 8.82. The molecule has 36 heavy (non-hydrogen) atoms. The van der Waals surface area contributed by atoms with E-state index in [0.29, 0.717) is 16.0 Å². The van der Waals surface area contributed by atoms with Crippen molar-refractivity contribution in [2.24, 2.45) is 0 Å². The molecule has 0 aliphatic carbocycles. The topological polar surface area (TPSA) is 51.2 Å². The molecule has 0 atom stereocenters. The molecule has 0 aliphatic rings. The SMILES string of the molecule is CCc1cc(C(=O)c2ccc(-c3ccc(S(=O)(=O)c4ccc(C)c(C)c4)cc3C)c(C)c2)ccc1C. The van der Waals surface area contributed by atoms with Gasteiger partial charge in [-0.15, -0.1) is 0 Å². The molecule has 0 fully saturated rings. The van der Waals surface area contributed by atoms with Crippen LogP contribution in [0.3, 0.4) is 0 Å². The number of rotatable bonds is 6. The van der Waals surface area contributed by atoms with Gasteiger partial charge in [0, 0.05) is 11.1 Å². The highest BCUT2D eigenvalue weighted by Gasteiger charge is 2.20. The Morgan fingerprint density at radius 2 is 1.08 bits per heavy atom. The van der Waals surface area contributed by atoms with Crippen molar-refractivity contribution in [1.29, 1.82) is 0 Å². The normalized spacial score (nSPS) is 11.5. The van der Waals surface area contributed by atoms with Crippen LogP contribution in [0.25, 0.3) is 11.1 Å². The van der Waals surface area contributed by atoms with Gasteiger partial charge in [-0.25, -0.2) is 8.42 Å². The maximum atomic E-state index is 13.2. The summed E-state index contributed by atoms with van der Waals surface area (Å²) in [6.45, 7) is 11.9. The highest BCUT2D eigenvalue weighted by molar-refractivity contribution is 7.91. The summed E-state index contributed by atoms with van der Waals surface area (Å²) in [6.07, 6.45) is 0.888. The minimum atomic E-state index is -3.61. The van der Waals surface area contributed by atoms with Crippen LogP contribution in [0, 0.1) is 34.6 Å². The predicted molar refractivity (Wildman–Crippen MR) is 147 cm³/mol. The van der Waals surface area contributed by atoms with Gasteiger partial charge in [-0.05, 0) is 122 Å². The van der Waals surface area contributed by atoms with Gasteiger partial charge in [-0.3, -0.25) is 4.79 Å². The molecule has 0 heterocycles. The first-order valence-electron chi connectivity index (χ1n) is 12.2. The number of benzene rings is 4. The third kappa shape index (κ3) is 4.78. The maximum Gasteiger partial charge on any atom is 0.206 e. The lowest BCUT2D eigenvalue weighted by molar-refractivity contribution is 0.103. The van der Waals surface area contributed by atoms with E-state index in [1.54, 1.807) is 24.3 Å². The highest BCUT2D eigenvalue weighted by Crippen LogP contribution is 2.32. The summed E-state index contributed by atoms with van der Waals surface area (Å²) in [6, 6.07) is 22.1. The van der Waals surface area contributed by atoms with Gasteiger partial charge in [0.15, 0.2) is 5.78 Å². The van der Waals surface area contributed by atoms with Crippen molar-refractivity contribution in [3.8, 4) is 11.1 Å². The fourth-order valence-corrected chi connectivity index (χ4v) is 6.02. The van der Waals surface area contributed by atoms with E-state index in [-0.39, 0.29) is 10.7 Å². The molecule has 0 aliphatic heterocycles. The Balaban J connectivity index is 1.66. The molecule has 184 valence electrons. The smallest absolute Gasteiger partial charge is 0.206 e. The second-order valence-electron chi connectivity index (χ2n) is 9.58. The zero-order chi connectivity index (χ0) is 26.2. The van der Waals surface area contributed by atoms with Crippen molar-refractivity contribution >= 4 is 15.6 Å². The summed E-state index contributed by atoms with van der Waals surface area (Å²) < 4.78 is 26.5. The van der Waals surface area contributed by atoms with Crippen LogP contribution >= 0.6 is 0 Å². The van der Waals surface area contributed by atoms with E-state index in [4.69, 9.17) is 0 Å². The minimum absolute atomic E-state index is 0.00547. The number of ketones is 1. The number of sulfone groups is 1. The monoisotopic (exact) mass is 496 g/mol. The lowest BCUT2D eigenvalue weighted by atomic mass is 9.92. The molecule has 0 N–H and O–H groups in total. The van der Waals surface area contributed by atoms with Crippen LogP contribution in [0.2, 0.25) is 0 Å². The standard InChI is InChI=1S/C32H32O3S/c1-7-25-19-27(10-8-21(25)3)32(33)26-11-14-30(23(5)16-26)31-15-13-29(18-24(31)6)36(34,35)28-12-9-20(2)22(4)17-28/h8-19H,7H2,1-6H3. The average molecular weight is 497 g/mol. The number of carbonyl (C=O) groups is 1. The Labute approximate surface area is 214 Å². The van der Waals surface area contributed by atoms with Crippen LogP contribution in [0.1, 0.15) is 56.2 Å². The van der Waals surface area contributed by atoms with Crippen LogP contribution in [-0.4, -0.2) is 14.2 Å². The second-order valence-corrected chi connectivity index (χ2v) is 11.5. The molecule has 0 amide bonds. The van der Waals surface area contributed by atoms with Gasteiger partial charge in [0.2, 0.25) is 9.84 Å². The zero-order valence-electron chi connectivity index (χ0n) is 21.8. The molecule has 0 aromatic heterocycles. The Bertz CT molecular complexity index is 1590. The summed E-state index contributed by atoms with van der Waals surface area (Å²) in [4.78, 5) is 13.7. The molecule has 0 saturated carbocycles. The Kier molecular flexibility index (Phi) is 7.01. The van der Waals surface area contributed by atoms with Crippen LogP contribution in [0.15, 0.2) is 82.6 Å². The fourth-order valence-electron chi connectivity index (χ4n) is 4.59. The van der Waals surface area contributed by atoms with Gasteiger partial charge in [0.05, 0.1) is 9.79 Å². The minimum Gasteiger partial charge on any atom is -0.289 e. The Morgan fingerprint density at radius 1 is 0.583 bits per heavy atom. The second kappa shape index (κ2) is 9.87. The van der Waals surface area contributed by atoms with Gasteiger partial charge in [-0.1, -0.05) is 43.3 Å². The van der Waals surface area contributed by atoms with Crippen LogP contribution < -0.4 is 0 Å². The first-order valence-corrected chi connectivity index (χ1v) is 13.7. The van der Waals surface area contributed by atoms with E-state index < -0.39 is 9.84 Å². The van der Waals surface area contributed by atoms with Crippen LogP contribution in [0.4, 0.5) is 0 Å². The molecule has 3 nitrogen and oxygen atoms in total.